The van der Waals surface area contributed by atoms with Crippen LogP contribution in [0.4, 0.5) is 5.82 Å². The summed E-state index contributed by atoms with van der Waals surface area (Å²) in [5.41, 5.74) is 2.26. The van der Waals surface area contributed by atoms with Gasteiger partial charge in [0.2, 0.25) is 11.2 Å². The predicted octanol–water partition coefficient (Wildman–Crippen LogP) is 1.43. The number of nitrogens with one attached hydrogen (secondary N) is 2. The number of amides is 1. The number of nitrogens with zero attached hydrogens (tertiary/aromatic N) is 4. The maximum absolute atomic E-state index is 12.4. The van der Waals surface area contributed by atoms with Crippen molar-refractivity contribution >= 4 is 34.5 Å². The van der Waals surface area contributed by atoms with Crippen LogP contribution in [0.2, 0.25) is 5.28 Å². The van der Waals surface area contributed by atoms with Crippen LogP contribution in [0.25, 0.3) is 11.2 Å². The molecule has 5 atom stereocenters. The number of benzene rings is 1. The van der Waals surface area contributed by atoms with E-state index in [9.17, 15) is 15.0 Å². The summed E-state index contributed by atoms with van der Waals surface area (Å²) in [6.07, 6.45) is -0.221. The highest BCUT2D eigenvalue weighted by Gasteiger charge is 2.75. The van der Waals surface area contributed by atoms with Gasteiger partial charge in [-0.1, -0.05) is 24.3 Å². The molecular weight excluding hydrogens is 420 g/mol. The van der Waals surface area contributed by atoms with Crippen LogP contribution in [0.3, 0.4) is 0 Å². The number of imidazole rings is 1. The van der Waals surface area contributed by atoms with Crippen LogP contribution in [0.5, 0.6) is 0 Å². The normalized spacial score (nSPS) is 29.1. The van der Waals surface area contributed by atoms with Crippen LogP contribution in [0.1, 0.15) is 23.6 Å². The molecule has 2 aromatic heterocycles. The van der Waals surface area contributed by atoms with Gasteiger partial charge in [0, 0.05) is 19.5 Å². The third kappa shape index (κ3) is 2.91. The van der Waals surface area contributed by atoms with Crippen molar-refractivity contribution in [2.75, 3.05) is 12.4 Å². The number of rotatable bonds is 5. The average molecular weight is 443 g/mol. The molecule has 0 aliphatic heterocycles. The van der Waals surface area contributed by atoms with Crippen molar-refractivity contribution in [1.29, 1.82) is 0 Å². The number of anilines is 1. The summed E-state index contributed by atoms with van der Waals surface area (Å²) in [6, 6.07) is 7.49. The molecule has 9 nitrogen and oxygen atoms in total. The molecular formula is C21H23ClN6O3. The van der Waals surface area contributed by atoms with Crippen molar-refractivity contribution in [1.82, 2.24) is 24.8 Å². The molecule has 0 spiro atoms. The Morgan fingerprint density at radius 3 is 2.84 bits per heavy atom. The lowest BCUT2D eigenvalue weighted by molar-refractivity contribution is -0.132. The Morgan fingerprint density at radius 2 is 2.10 bits per heavy atom. The van der Waals surface area contributed by atoms with Gasteiger partial charge in [-0.15, -0.1) is 0 Å². The number of aliphatic hydroxyl groups excluding tert-OH is 2. The van der Waals surface area contributed by atoms with Gasteiger partial charge < -0.3 is 25.4 Å². The fourth-order valence-electron chi connectivity index (χ4n) is 5.01. The number of halogens is 1. The number of carbonyl (C=O) groups excluding carboxylic acids is 1. The number of aliphatic hydroxyl groups is 2. The molecule has 162 valence electrons. The van der Waals surface area contributed by atoms with Crippen molar-refractivity contribution in [3.8, 4) is 0 Å². The summed E-state index contributed by atoms with van der Waals surface area (Å²) in [6.45, 7) is 2.57. The molecule has 31 heavy (non-hydrogen) atoms. The zero-order valence-corrected chi connectivity index (χ0v) is 17.8. The summed E-state index contributed by atoms with van der Waals surface area (Å²) in [5.74, 6) is 0.00887. The lowest BCUT2D eigenvalue weighted by Gasteiger charge is -2.23. The summed E-state index contributed by atoms with van der Waals surface area (Å²) in [5, 5.41) is 27.3. The minimum Gasteiger partial charge on any atom is -0.389 e. The second kappa shape index (κ2) is 7.15. The first-order chi connectivity index (χ1) is 14.9. The SMILES string of the molecule is CNC(=O)[C@@]12C[C@@H]1[C@@H](n1cnc3c(NCc4ccccc4C)nc(Cl)nc31)[C@H](O)[C@@H]2O. The Morgan fingerprint density at radius 1 is 1.32 bits per heavy atom. The van der Waals surface area contributed by atoms with E-state index in [4.69, 9.17) is 11.6 Å². The van der Waals surface area contributed by atoms with Gasteiger partial charge in [-0.3, -0.25) is 4.79 Å². The van der Waals surface area contributed by atoms with E-state index >= 15 is 0 Å². The lowest BCUT2D eigenvalue weighted by Crippen LogP contribution is -2.41. The van der Waals surface area contributed by atoms with Crippen molar-refractivity contribution in [3.05, 3.63) is 47.0 Å². The smallest absolute Gasteiger partial charge is 0.229 e. The fourth-order valence-corrected chi connectivity index (χ4v) is 5.17. The van der Waals surface area contributed by atoms with Gasteiger partial charge in [-0.2, -0.15) is 9.97 Å². The van der Waals surface area contributed by atoms with Crippen molar-refractivity contribution in [2.45, 2.75) is 38.1 Å². The molecule has 1 aromatic carbocycles. The fraction of sp³-hybridized carbons (Fsp3) is 0.429. The Bertz CT molecular complexity index is 1180. The van der Waals surface area contributed by atoms with E-state index in [1.165, 1.54) is 7.05 Å². The summed E-state index contributed by atoms with van der Waals surface area (Å²) in [4.78, 5) is 25.5. The van der Waals surface area contributed by atoms with E-state index in [0.29, 0.717) is 29.9 Å². The van der Waals surface area contributed by atoms with E-state index in [1.807, 2.05) is 31.2 Å². The van der Waals surface area contributed by atoms with Crippen LogP contribution in [0.15, 0.2) is 30.6 Å². The zero-order chi connectivity index (χ0) is 21.9. The minimum atomic E-state index is -1.16. The second-order valence-electron chi connectivity index (χ2n) is 8.30. The quantitative estimate of drug-likeness (QED) is 0.440. The molecule has 0 unspecified atom stereocenters. The molecule has 2 aliphatic carbocycles. The van der Waals surface area contributed by atoms with Gasteiger partial charge in [-0.25, -0.2) is 4.98 Å². The molecule has 5 rings (SSSR count). The molecule has 0 bridgehead atoms. The largest absolute Gasteiger partial charge is 0.389 e. The van der Waals surface area contributed by atoms with Crippen molar-refractivity contribution < 1.29 is 15.0 Å². The van der Waals surface area contributed by atoms with Crippen LogP contribution in [-0.4, -0.2) is 54.9 Å². The first-order valence-electron chi connectivity index (χ1n) is 10.1. The van der Waals surface area contributed by atoms with Crippen LogP contribution < -0.4 is 10.6 Å². The lowest BCUT2D eigenvalue weighted by atomic mass is 9.98. The number of hydrogen-bond donors (Lipinski definition) is 4. The third-order valence-electron chi connectivity index (χ3n) is 6.75. The van der Waals surface area contributed by atoms with E-state index in [1.54, 1.807) is 10.9 Å². The molecule has 10 heteroatoms. The highest BCUT2D eigenvalue weighted by molar-refractivity contribution is 6.28. The Balaban J connectivity index is 1.50. The van der Waals surface area contributed by atoms with Crippen LogP contribution in [-0.2, 0) is 11.3 Å². The van der Waals surface area contributed by atoms with E-state index in [-0.39, 0.29) is 17.1 Å². The zero-order valence-electron chi connectivity index (χ0n) is 17.1. The number of hydrogen-bond acceptors (Lipinski definition) is 7. The molecule has 1 amide bonds. The molecule has 0 radical (unpaired) electrons. The molecule has 0 saturated heterocycles. The summed E-state index contributed by atoms with van der Waals surface area (Å²) < 4.78 is 1.71. The Hall–Kier alpha value is -2.75. The maximum Gasteiger partial charge on any atom is 0.229 e. The van der Waals surface area contributed by atoms with Crippen LogP contribution >= 0.6 is 11.6 Å². The second-order valence-corrected chi connectivity index (χ2v) is 8.64. The highest BCUT2D eigenvalue weighted by Crippen LogP contribution is 2.67. The van der Waals surface area contributed by atoms with Gasteiger partial charge in [0.25, 0.3) is 0 Å². The third-order valence-corrected chi connectivity index (χ3v) is 6.91. The van der Waals surface area contributed by atoms with Gasteiger partial charge in [-0.05, 0) is 36.1 Å². The molecule has 4 N–H and O–H groups in total. The first kappa shape index (κ1) is 20.2. The molecule has 2 heterocycles. The number of carbonyl (C=O) groups is 1. The van der Waals surface area contributed by atoms with Gasteiger partial charge in [0.05, 0.1) is 23.9 Å². The predicted molar refractivity (Wildman–Crippen MR) is 114 cm³/mol. The number of aryl methyl sites for hydroxylation is 1. The Kier molecular flexibility index (Phi) is 4.65. The molecule has 2 saturated carbocycles. The van der Waals surface area contributed by atoms with Crippen molar-refractivity contribution in [3.63, 3.8) is 0 Å². The molecule has 2 fully saturated rings. The topological polar surface area (TPSA) is 125 Å². The standard InChI is InChI=1S/C21H23ClN6O3/c1-10-5-3-4-6-11(10)8-24-17-13-18(27-20(22)26-17)28(9-25-13)14-12-7-21(12,19(31)23-2)16(30)15(14)29/h3-6,9,12,14-16,29-30H,7-8H2,1-2H3,(H,23,31)(H,24,26,27)/t12-,14-,15+,16+,21+/m1/s1. The van der Waals surface area contributed by atoms with E-state index in [2.05, 4.69) is 25.6 Å². The van der Waals surface area contributed by atoms with Gasteiger partial charge >= 0.3 is 0 Å². The van der Waals surface area contributed by atoms with E-state index in [0.717, 1.165) is 11.1 Å². The number of fused-ring (bicyclic) bond motifs is 2. The Labute approximate surface area is 183 Å². The first-order valence-corrected chi connectivity index (χ1v) is 10.5. The summed E-state index contributed by atoms with van der Waals surface area (Å²) >= 11 is 6.21. The van der Waals surface area contributed by atoms with Gasteiger partial charge in [0.1, 0.15) is 6.10 Å². The molecule has 3 aromatic rings. The van der Waals surface area contributed by atoms with E-state index < -0.39 is 23.7 Å². The monoisotopic (exact) mass is 442 g/mol. The summed E-state index contributed by atoms with van der Waals surface area (Å²) in [7, 11) is 1.53. The number of aromatic nitrogens is 4. The van der Waals surface area contributed by atoms with Gasteiger partial charge in [0.15, 0.2) is 17.0 Å². The van der Waals surface area contributed by atoms with Crippen molar-refractivity contribution in [2.24, 2.45) is 11.3 Å². The minimum absolute atomic E-state index is 0.0444. The van der Waals surface area contributed by atoms with Crippen LogP contribution in [0, 0.1) is 18.3 Å². The molecule has 2 aliphatic rings. The maximum atomic E-state index is 12.4. The highest BCUT2D eigenvalue weighted by atomic mass is 35.5. The average Bonchev–Trinajstić information content (AvgIpc) is 3.30.